The third-order valence-electron chi connectivity index (χ3n) is 2.45. The van der Waals surface area contributed by atoms with Crippen LogP contribution in [0, 0.1) is 23.2 Å². The zero-order valence-corrected chi connectivity index (χ0v) is 11.0. The molecule has 1 atom stereocenters. The fraction of sp³-hybridized carbons (Fsp3) is 0.385. The van der Waals surface area contributed by atoms with Gasteiger partial charge in [-0.3, -0.25) is 4.79 Å². The van der Waals surface area contributed by atoms with Crippen LogP contribution in [-0.2, 0) is 4.79 Å². The Morgan fingerprint density at radius 1 is 1.41 bits per heavy atom. The van der Waals surface area contributed by atoms with Gasteiger partial charge in [0, 0.05) is 4.90 Å². The average Bonchev–Trinajstić information content (AvgIpc) is 2.30. The summed E-state index contributed by atoms with van der Waals surface area (Å²) < 4.78 is 0. The number of hydrogen-bond donors (Lipinski definition) is 1. The third-order valence-corrected chi connectivity index (χ3v) is 3.25. The van der Waals surface area contributed by atoms with E-state index in [1.165, 1.54) is 0 Å². The van der Waals surface area contributed by atoms with Gasteiger partial charge < -0.3 is 5.32 Å². The molecule has 1 rings (SSSR count). The van der Waals surface area contributed by atoms with Gasteiger partial charge in [0.05, 0.1) is 11.8 Å². The van der Waals surface area contributed by atoms with E-state index in [0.717, 1.165) is 10.6 Å². The molecule has 1 aromatic carbocycles. The molecule has 0 saturated carbocycles. The van der Waals surface area contributed by atoms with E-state index in [1.54, 1.807) is 11.8 Å². The van der Waals surface area contributed by atoms with Gasteiger partial charge >= 0.3 is 0 Å². The van der Waals surface area contributed by atoms with Crippen LogP contribution in [-0.4, -0.2) is 12.2 Å². The molecule has 0 fully saturated rings. The first-order valence-electron chi connectivity index (χ1n) is 5.43. The molecular formula is C13H16N2OS. The smallest absolute Gasteiger partial charge is 0.242 e. The predicted molar refractivity (Wildman–Crippen MR) is 70.8 cm³/mol. The van der Waals surface area contributed by atoms with E-state index in [1.807, 2.05) is 50.4 Å². The van der Waals surface area contributed by atoms with Crippen molar-refractivity contribution in [1.82, 2.24) is 0 Å². The van der Waals surface area contributed by atoms with Gasteiger partial charge in [0.2, 0.25) is 5.91 Å². The van der Waals surface area contributed by atoms with Crippen molar-refractivity contribution in [2.45, 2.75) is 18.7 Å². The van der Waals surface area contributed by atoms with E-state index in [4.69, 9.17) is 5.26 Å². The number of nitriles is 1. The first-order chi connectivity index (χ1) is 8.10. The fourth-order valence-corrected chi connectivity index (χ4v) is 2.02. The molecule has 0 heterocycles. The topological polar surface area (TPSA) is 52.9 Å². The van der Waals surface area contributed by atoms with Crippen molar-refractivity contribution in [3.63, 3.8) is 0 Å². The number of nitrogens with one attached hydrogen (secondary N) is 1. The summed E-state index contributed by atoms with van der Waals surface area (Å²) >= 11 is 1.57. The van der Waals surface area contributed by atoms with Crippen LogP contribution in [0.1, 0.15) is 13.8 Å². The predicted octanol–water partition coefficient (Wildman–Crippen LogP) is 3.14. The maximum atomic E-state index is 11.9. The SMILES string of the molecule is CSc1ccccc1NC(=O)C(C#N)C(C)C. The third kappa shape index (κ3) is 3.50. The number of amides is 1. The van der Waals surface area contributed by atoms with Gasteiger partial charge in [-0.05, 0) is 24.3 Å². The lowest BCUT2D eigenvalue weighted by Gasteiger charge is -2.14. The van der Waals surface area contributed by atoms with Gasteiger partial charge in [-0.15, -0.1) is 11.8 Å². The van der Waals surface area contributed by atoms with Crippen LogP contribution < -0.4 is 5.32 Å². The number of para-hydroxylation sites is 1. The highest BCUT2D eigenvalue weighted by Gasteiger charge is 2.22. The van der Waals surface area contributed by atoms with Crippen LogP contribution >= 0.6 is 11.8 Å². The molecule has 0 aliphatic carbocycles. The minimum atomic E-state index is -0.607. The maximum Gasteiger partial charge on any atom is 0.242 e. The summed E-state index contributed by atoms with van der Waals surface area (Å²) in [4.78, 5) is 12.9. The second-order valence-electron chi connectivity index (χ2n) is 4.04. The maximum absolute atomic E-state index is 11.9. The summed E-state index contributed by atoms with van der Waals surface area (Å²) in [5.41, 5.74) is 0.769. The van der Waals surface area contributed by atoms with E-state index in [2.05, 4.69) is 5.32 Å². The minimum absolute atomic E-state index is 0.0152. The number of carbonyl (C=O) groups excluding carboxylic acids is 1. The second-order valence-corrected chi connectivity index (χ2v) is 4.89. The Balaban J connectivity index is 2.84. The molecule has 0 radical (unpaired) electrons. The number of nitrogens with zero attached hydrogens (tertiary/aromatic N) is 1. The molecule has 0 aliphatic rings. The van der Waals surface area contributed by atoms with Crippen molar-refractivity contribution in [3.8, 4) is 6.07 Å². The Morgan fingerprint density at radius 3 is 2.59 bits per heavy atom. The summed E-state index contributed by atoms with van der Waals surface area (Å²) in [6.45, 7) is 3.74. The van der Waals surface area contributed by atoms with Crippen molar-refractivity contribution >= 4 is 23.4 Å². The fourth-order valence-electron chi connectivity index (χ4n) is 1.47. The first-order valence-corrected chi connectivity index (χ1v) is 6.66. The Bertz CT molecular complexity index is 437. The summed E-state index contributed by atoms with van der Waals surface area (Å²) in [6, 6.07) is 9.62. The standard InChI is InChI=1S/C13H16N2OS/c1-9(2)10(8-14)13(16)15-11-6-4-5-7-12(11)17-3/h4-7,9-10H,1-3H3,(H,15,16). The Kier molecular flexibility index (Phi) is 5.05. The highest BCUT2D eigenvalue weighted by Crippen LogP contribution is 2.25. The second kappa shape index (κ2) is 6.31. The highest BCUT2D eigenvalue weighted by molar-refractivity contribution is 7.98. The van der Waals surface area contributed by atoms with Gasteiger partial charge in [0.25, 0.3) is 0 Å². The van der Waals surface area contributed by atoms with E-state index in [9.17, 15) is 4.79 Å². The monoisotopic (exact) mass is 248 g/mol. The lowest BCUT2D eigenvalue weighted by Crippen LogP contribution is -2.25. The molecule has 17 heavy (non-hydrogen) atoms. The molecule has 1 amide bonds. The molecule has 3 nitrogen and oxygen atoms in total. The number of thioether (sulfide) groups is 1. The van der Waals surface area contributed by atoms with Crippen molar-refractivity contribution in [3.05, 3.63) is 24.3 Å². The van der Waals surface area contributed by atoms with Gasteiger partial charge in [0.1, 0.15) is 5.92 Å². The molecule has 1 aromatic rings. The molecule has 0 saturated heterocycles. The summed E-state index contributed by atoms with van der Waals surface area (Å²) in [5.74, 6) is -0.824. The van der Waals surface area contributed by atoms with Gasteiger partial charge in [-0.25, -0.2) is 0 Å². The molecule has 1 N–H and O–H groups in total. The molecule has 0 aromatic heterocycles. The van der Waals surface area contributed by atoms with Crippen LogP contribution in [0.15, 0.2) is 29.2 Å². The Hall–Kier alpha value is -1.47. The molecule has 0 aliphatic heterocycles. The van der Waals surface area contributed by atoms with Gasteiger partial charge in [-0.2, -0.15) is 5.26 Å². The minimum Gasteiger partial charge on any atom is -0.324 e. The van der Waals surface area contributed by atoms with Gasteiger partial charge in [0.15, 0.2) is 0 Å². The van der Waals surface area contributed by atoms with Crippen LogP contribution in [0.3, 0.4) is 0 Å². The zero-order valence-electron chi connectivity index (χ0n) is 10.2. The summed E-state index contributed by atoms with van der Waals surface area (Å²) in [6.07, 6.45) is 1.95. The first kappa shape index (κ1) is 13.6. The van der Waals surface area contributed by atoms with Crippen molar-refractivity contribution in [2.24, 2.45) is 11.8 Å². The van der Waals surface area contributed by atoms with Crippen molar-refractivity contribution in [2.75, 3.05) is 11.6 Å². The molecule has 1 unspecified atom stereocenters. The number of hydrogen-bond acceptors (Lipinski definition) is 3. The van der Waals surface area contributed by atoms with Crippen LogP contribution in [0.2, 0.25) is 0 Å². The van der Waals surface area contributed by atoms with E-state index < -0.39 is 5.92 Å². The molecule has 90 valence electrons. The van der Waals surface area contributed by atoms with E-state index in [0.29, 0.717) is 0 Å². The van der Waals surface area contributed by atoms with Crippen LogP contribution in [0.4, 0.5) is 5.69 Å². The van der Waals surface area contributed by atoms with E-state index in [-0.39, 0.29) is 11.8 Å². The Labute approximate surface area is 106 Å². The van der Waals surface area contributed by atoms with E-state index >= 15 is 0 Å². The zero-order chi connectivity index (χ0) is 12.8. The molecule has 0 spiro atoms. The quantitative estimate of drug-likeness (QED) is 0.833. The Morgan fingerprint density at radius 2 is 2.06 bits per heavy atom. The number of rotatable bonds is 4. The largest absolute Gasteiger partial charge is 0.324 e. The lowest BCUT2D eigenvalue weighted by atomic mass is 9.96. The molecular weight excluding hydrogens is 232 g/mol. The highest BCUT2D eigenvalue weighted by atomic mass is 32.2. The van der Waals surface area contributed by atoms with Gasteiger partial charge in [-0.1, -0.05) is 26.0 Å². The average molecular weight is 248 g/mol. The lowest BCUT2D eigenvalue weighted by molar-refractivity contribution is -0.119. The summed E-state index contributed by atoms with van der Waals surface area (Å²) in [5, 5.41) is 11.8. The van der Waals surface area contributed by atoms with Crippen molar-refractivity contribution in [1.29, 1.82) is 5.26 Å². The van der Waals surface area contributed by atoms with Crippen molar-refractivity contribution < 1.29 is 4.79 Å². The molecule has 0 bridgehead atoms. The summed E-state index contributed by atoms with van der Waals surface area (Å²) in [7, 11) is 0. The number of anilines is 1. The molecule has 4 heteroatoms. The number of carbonyl (C=O) groups is 1. The van der Waals surface area contributed by atoms with Crippen LogP contribution in [0.5, 0.6) is 0 Å². The normalized spacial score (nSPS) is 11.9. The van der Waals surface area contributed by atoms with Crippen LogP contribution in [0.25, 0.3) is 0 Å². The number of benzene rings is 1.